The molecule has 2 N–H and O–H groups in total. The molecule has 114 valence electrons. The van der Waals surface area contributed by atoms with Gasteiger partial charge in [0.15, 0.2) is 0 Å². The molecule has 1 heterocycles. The molecule has 21 heavy (non-hydrogen) atoms. The number of H-pyrrole nitrogens is 2. The predicted octanol–water partition coefficient (Wildman–Crippen LogP) is 2.82. The van der Waals surface area contributed by atoms with E-state index >= 15 is 0 Å². The monoisotopic (exact) mass is 307 g/mol. The van der Waals surface area contributed by atoms with Crippen molar-refractivity contribution in [2.24, 2.45) is 5.41 Å². The Balaban J connectivity index is 1.92. The summed E-state index contributed by atoms with van der Waals surface area (Å²) in [4.78, 5) is 13.6. The van der Waals surface area contributed by atoms with E-state index in [9.17, 15) is 4.79 Å². The number of nitrogens with one attached hydrogen (secondary N) is 2. The first kappa shape index (κ1) is 15.7. The van der Waals surface area contributed by atoms with Crippen LogP contribution in [-0.4, -0.2) is 27.0 Å². The van der Waals surface area contributed by atoms with Crippen LogP contribution in [0.2, 0.25) is 0 Å². The quantitative estimate of drug-likeness (QED) is 0.861. The van der Waals surface area contributed by atoms with E-state index in [-0.39, 0.29) is 17.2 Å². The van der Waals surface area contributed by atoms with E-state index < -0.39 is 0 Å². The molecule has 0 saturated heterocycles. The van der Waals surface area contributed by atoms with Crippen LogP contribution in [0, 0.1) is 5.41 Å². The van der Waals surface area contributed by atoms with Crippen LogP contribution in [-0.2, 0) is 5.75 Å². The molecule has 1 atom stereocenters. The zero-order valence-corrected chi connectivity index (χ0v) is 13.4. The number of ether oxygens (including phenoxy) is 1. The zero-order valence-electron chi connectivity index (χ0n) is 12.6. The van der Waals surface area contributed by atoms with Crippen LogP contribution >= 0.6 is 11.8 Å². The molecule has 2 aromatic rings. The number of nitrogens with zero attached hydrogens (tertiary/aromatic N) is 1. The van der Waals surface area contributed by atoms with E-state index in [4.69, 9.17) is 4.74 Å². The lowest BCUT2D eigenvalue weighted by atomic mass is 9.90. The van der Waals surface area contributed by atoms with Crippen molar-refractivity contribution >= 4 is 11.8 Å². The van der Waals surface area contributed by atoms with Gasteiger partial charge in [0.25, 0.3) is 0 Å². The molecule has 0 saturated carbocycles. The number of hydrogen-bond donors (Lipinski definition) is 2. The lowest BCUT2D eigenvalue weighted by Crippen LogP contribution is -2.34. The molecule has 2 rings (SSSR count). The molecule has 0 radical (unpaired) electrons. The minimum absolute atomic E-state index is 0.0296. The summed E-state index contributed by atoms with van der Waals surface area (Å²) in [5.41, 5.74) is -0.236. The van der Waals surface area contributed by atoms with E-state index in [1.807, 2.05) is 30.3 Å². The summed E-state index contributed by atoms with van der Waals surface area (Å²) in [6.45, 7) is 6.49. The van der Waals surface area contributed by atoms with Crippen LogP contribution in [0.5, 0.6) is 5.75 Å². The highest BCUT2D eigenvalue weighted by molar-refractivity contribution is 7.98. The first-order valence-corrected chi connectivity index (χ1v) is 8.03. The zero-order chi connectivity index (χ0) is 15.3. The standard InChI is InChI=1S/C15H21N3O2S/c1-15(2,3)12(20-11-7-5-4-6-8-11)9-21-10-13-16-14(19)18-17-13/h4-8,12H,9-10H2,1-3H3,(H2,16,17,18,19). The Morgan fingerprint density at radius 1 is 1.29 bits per heavy atom. The van der Waals surface area contributed by atoms with Crippen LogP contribution < -0.4 is 10.4 Å². The summed E-state index contributed by atoms with van der Waals surface area (Å²) < 4.78 is 6.10. The molecule has 0 aliphatic rings. The Morgan fingerprint density at radius 2 is 2.00 bits per heavy atom. The predicted molar refractivity (Wildman–Crippen MR) is 85.7 cm³/mol. The minimum Gasteiger partial charge on any atom is -0.489 e. The lowest BCUT2D eigenvalue weighted by Gasteiger charge is -2.31. The fourth-order valence-corrected chi connectivity index (χ4v) is 2.99. The van der Waals surface area contributed by atoms with E-state index in [0.717, 1.165) is 11.5 Å². The van der Waals surface area contributed by atoms with Crippen LogP contribution in [0.15, 0.2) is 35.1 Å². The Labute approximate surface area is 128 Å². The third-order valence-corrected chi connectivity index (χ3v) is 4.06. The summed E-state index contributed by atoms with van der Waals surface area (Å²) in [5.74, 6) is 3.03. The van der Waals surface area contributed by atoms with Gasteiger partial charge in [-0.25, -0.2) is 9.89 Å². The summed E-state index contributed by atoms with van der Waals surface area (Å²) in [5, 5.41) is 6.28. The van der Waals surface area contributed by atoms with Gasteiger partial charge in [-0.05, 0) is 17.5 Å². The fraction of sp³-hybridized carbons (Fsp3) is 0.467. The van der Waals surface area contributed by atoms with E-state index in [2.05, 4.69) is 36.0 Å². The number of benzene rings is 1. The molecular formula is C15H21N3O2S. The first-order chi connectivity index (χ1) is 9.95. The third-order valence-electron chi connectivity index (χ3n) is 3.05. The second kappa shape index (κ2) is 6.85. The van der Waals surface area contributed by atoms with Gasteiger partial charge in [0.2, 0.25) is 0 Å². The summed E-state index contributed by atoms with van der Waals surface area (Å²) >= 11 is 1.70. The number of aromatic amines is 2. The lowest BCUT2D eigenvalue weighted by molar-refractivity contribution is 0.108. The Morgan fingerprint density at radius 3 is 2.57 bits per heavy atom. The summed E-state index contributed by atoms with van der Waals surface area (Å²) in [6.07, 6.45) is 0.0792. The van der Waals surface area contributed by atoms with E-state index in [0.29, 0.717) is 11.6 Å². The smallest absolute Gasteiger partial charge is 0.340 e. The second-order valence-corrected chi connectivity index (χ2v) is 6.96. The number of aromatic nitrogens is 3. The first-order valence-electron chi connectivity index (χ1n) is 6.88. The molecule has 0 aliphatic heterocycles. The molecule has 1 aromatic heterocycles. The highest BCUT2D eigenvalue weighted by Crippen LogP contribution is 2.28. The summed E-state index contributed by atoms with van der Waals surface area (Å²) in [7, 11) is 0. The van der Waals surface area contributed by atoms with Gasteiger partial charge >= 0.3 is 5.69 Å². The van der Waals surface area contributed by atoms with Gasteiger partial charge in [-0.3, -0.25) is 4.98 Å². The van der Waals surface area contributed by atoms with Gasteiger partial charge in [-0.15, -0.1) is 11.8 Å². The molecule has 0 spiro atoms. The van der Waals surface area contributed by atoms with Crippen molar-refractivity contribution in [2.75, 3.05) is 5.75 Å². The topological polar surface area (TPSA) is 70.8 Å². The number of para-hydroxylation sites is 1. The highest BCUT2D eigenvalue weighted by atomic mass is 32.2. The van der Waals surface area contributed by atoms with Crippen molar-refractivity contribution in [2.45, 2.75) is 32.6 Å². The molecule has 5 nitrogen and oxygen atoms in total. The van der Waals surface area contributed by atoms with Gasteiger partial charge in [-0.1, -0.05) is 39.0 Å². The van der Waals surface area contributed by atoms with E-state index in [1.54, 1.807) is 11.8 Å². The van der Waals surface area contributed by atoms with Gasteiger partial charge in [-0.2, -0.15) is 5.10 Å². The average Bonchev–Trinajstić information content (AvgIpc) is 2.83. The maximum atomic E-state index is 11.0. The molecule has 6 heteroatoms. The Bertz CT molecular complexity index is 601. The molecule has 1 aromatic carbocycles. The Hall–Kier alpha value is -1.69. The van der Waals surface area contributed by atoms with Crippen LogP contribution in [0.1, 0.15) is 26.6 Å². The highest BCUT2D eigenvalue weighted by Gasteiger charge is 2.26. The van der Waals surface area contributed by atoms with Gasteiger partial charge in [0.05, 0.1) is 5.75 Å². The van der Waals surface area contributed by atoms with Crippen molar-refractivity contribution in [1.29, 1.82) is 0 Å². The van der Waals surface area contributed by atoms with Crippen LogP contribution in [0.3, 0.4) is 0 Å². The second-order valence-electron chi connectivity index (χ2n) is 5.93. The largest absolute Gasteiger partial charge is 0.489 e. The van der Waals surface area contributed by atoms with Gasteiger partial charge in [0, 0.05) is 5.75 Å². The average molecular weight is 307 g/mol. The minimum atomic E-state index is -0.265. The van der Waals surface area contributed by atoms with Crippen molar-refractivity contribution in [3.8, 4) is 5.75 Å². The summed E-state index contributed by atoms with van der Waals surface area (Å²) in [6, 6.07) is 9.85. The maximum Gasteiger partial charge on any atom is 0.340 e. The van der Waals surface area contributed by atoms with Crippen molar-refractivity contribution in [3.05, 3.63) is 46.6 Å². The molecular weight excluding hydrogens is 286 g/mol. The molecule has 1 unspecified atom stereocenters. The molecule has 0 fully saturated rings. The molecule has 0 bridgehead atoms. The third kappa shape index (κ3) is 4.97. The van der Waals surface area contributed by atoms with Crippen molar-refractivity contribution in [1.82, 2.24) is 15.2 Å². The van der Waals surface area contributed by atoms with Gasteiger partial charge in [0.1, 0.15) is 17.7 Å². The fourth-order valence-electron chi connectivity index (χ4n) is 1.76. The van der Waals surface area contributed by atoms with Gasteiger partial charge < -0.3 is 4.74 Å². The number of hydrogen-bond acceptors (Lipinski definition) is 4. The number of rotatable bonds is 6. The van der Waals surface area contributed by atoms with Crippen LogP contribution in [0.25, 0.3) is 0 Å². The van der Waals surface area contributed by atoms with Crippen LogP contribution in [0.4, 0.5) is 0 Å². The maximum absolute atomic E-state index is 11.0. The van der Waals surface area contributed by atoms with E-state index in [1.165, 1.54) is 0 Å². The van der Waals surface area contributed by atoms with Crippen molar-refractivity contribution < 1.29 is 4.74 Å². The van der Waals surface area contributed by atoms with Crippen molar-refractivity contribution in [3.63, 3.8) is 0 Å². The Kier molecular flexibility index (Phi) is 5.12. The SMILES string of the molecule is CC(C)(C)C(CSCc1n[nH]c(=O)[nH]1)Oc1ccccc1. The normalized spacial score (nSPS) is 13.1. The molecule has 0 amide bonds. The number of thioether (sulfide) groups is 1. The molecule has 0 aliphatic carbocycles.